The largest absolute Gasteiger partial charge is 0.444 e. The summed E-state index contributed by atoms with van der Waals surface area (Å²) in [6.45, 7) is 13.0. The standard InChI is InChI=1S/C13H22N2O2/c1-13(2,3)17-12(16)15-11-7-5-10(6-8-11)9-14-4/h10-11H,5-9H2,1-3H3,(H,15,16). The molecular weight excluding hydrogens is 216 g/mol. The van der Waals surface area contributed by atoms with Gasteiger partial charge < -0.3 is 14.9 Å². The highest BCUT2D eigenvalue weighted by Gasteiger charge is 2.25. The lowest BCUT2D eigenvalue weighted by molar-refractivity contribution is 0.0488. The normalized spacial score (nSPS) is 24.8. The molecule has 0 aromatic carbocycles. The molecule has 0 aromatic rings. The monoisotopic (exact) mass is 238 g/mol. The van der Waals surface area contributed by atoms with Crippen LogP contribution >= 0.6 is 0 Å². The highest BCUT2D eigenvalue weighted by atomic mass is 16.6. The SMILES string of the molecule is [C-]#[N+]CC1CCC(NC(=O)OC(C)(C)C)CC1. The van der Waals surface area contributed by atoms with Crippen LogP contribution in [0.5, 0.6) is 0 Å². The lowest BCUT2D eigenvalue weighted by Gasteiger charge is -2.28. The van der Waals surface area contributed by atoms with E-state index in [0.29, 0.717) is 12.5 Å². The predicted octanol–water partition coefficient (Wildman–Crippen LogP) is 2.99. The number of nitrogens with zero attached hydrogens (tertiary/aromatic N) is 1. The highest BCUT2D eigenvalue weighted by Crippen LogP contribution is 2.24. The maximum absolute atomic E-state index is 11.6. The Hall–Kier alpha value is -1.24. The van der Waals surface area contributed by atoms with Gasteiger partial charge in [0.05, 0.1) is 0 Å². The molecule has 4 nitrogen and oxygen atoms in total. The molecular formula is C13H22N2O2. The minimum Gasteiger partial charge on any atom is -0.444 e. The second kappa shape index (κ2) is 5.90. The van der Waals surface area contributed by atoms with Crippen molar-refractivity contribution in [3.05, 3.63) is 11.4 Å². The van der Waals surface area contributed by atoms with Gasteiger partial charge in [0, 0.05) is 12.0 Å². The Labute approximate surface area is 104 Å². The van der Waals surface area contributed by atoms with E-state index in [1.54, 1.807) is 0 Å². The molecule has 0 unspecified atom stereocenters. The van der Waals surface area contributed by atoms with Crippen molar-refractivity contribution in [2.75, 3.05) is 6.54 Å². The Kier molecular flexibility index (Phi) is 4.80. The van der Waals surface area contributed by atoms with Crippen LogP contribution in [-0.2, 0) is 4.74 Å². The molecule has 0 radical (unpaired) electrons. The molecule has 1 saturated carbocycles. The van der Waals surface area contributed by atoms with Gasteiger partial charge in [0.1, 0.15) is 5.60 Å². The number of nitrogens with one attached hydrogen (secondary N) is 1. The van der Waals surface area contributed by atoms with E-state index < -0.39 is 5.60 Å². The lowest BCUT2D eigenvalue weighted by Crippen LogP contribution is -2.41. The molecule has 0 atom stereocenters. The third kappa shape index (κ3) is 5.58. The van der Waals surface area contributed by atoms with Crippen LogP contribution in [0.4, 0.5) is 4.79 Å². The van der Waals surface area contributed by atoms with Crippen LogP contribution in [0.15, 0.2) is 0 Å². The summed E-state index contributed by atoms with van der Waals surface area (Å²) in [4.78, 5) is 15.0. The molecule has 1 aliphatic rings. The zero-order valence-electron chi connectivity index (χ0n) is 11.0. The quantitative estimate of drug-likeness (QED) is 0.751. The Bertz CT molecular complexity index is 294. The molecule has 0 aliphatic heterocycles. The summed E-state index contributed by atoms with van der Waals surface area (Å²) in [7, 11) is 0. The number of ether oxygens (including phenoxy) is 1. The molecule has 0 spiro atoms. The number of carbonyl (C=O) groups is 1. The van der Waals surface area contributed by atoms with Crippen molar-refractivity contribution in [3.63, 3.8) is 0 Å². The van der Waals surface area contributed by atoms with Gasteiger partial charge in [0.2, 0.25) is 6.54 Å². The minimum absolute atomic E-state index is 0.215. The van der Waals surface area contributed by atoms with Gasteiger partial charge >= 0.3 is 6.09 Å². The average molecular weight is 238 g/mol. The van der Waals surface area contributed by atoms with Crippen LogP contribution in [0, 0.1) is 12.5 Å². The zero-order chi connectivity index (χ0) is 12.9. The Balaban J connectivity index is 2.27. The third-order valence-corrected chi connectivity index (χ3v) is 2.92. The van der Waals surface area contributed by atoms with E-state index in [0.717, 1.165) is 25.7 Å². The molecule has 1 fully saturated rings. The van der Waals surface area contributed by atoms with E-state index in [-0.39, 0.29) is 12.1 Å². The van der Waals surface area contributed by atoms with Crippen LogP contribution in [0.1, 0.15) is 46.5 Å². The molecule has 1 N–H and O–H groups in total. The Morgan fingerprint density at radius 3 is 2.41 bits per heavy atom. The fourth-order valence-electron chi connectivity index (χ4n) is 2.09. The van der Waals surface area contributed by atoms with E-state index in [1.165, 1.54) is 0 Å². The van der Waals surface area contributed by atoms with Gasteiger partial charge in [0.15, 0.2) is 0 Å². The maximum Gasteiger partial charge on any atom is 0.407 e. The van der Waals surface area contributed by atoms with Crippen LogP contribution in [0.2, 0.25) is 0 Å². The van der Waals surface area contributed by atoms with Crippen LogP contribution in [0.25, 0.3) is 4.85 Å². The third-order valence-electron chi connectivity index (χ3n) is 2.92. The number of hydrogen-bond donors (Lipinski definition) is 1. The van der Waals surface area contributed by atoms with Crippen LogP contribution in [0.3, 0.4) is 0 Å². The molecule has 0 aromatic heterocycles. The van der Waals surface area contributed by atoms with Gasteiger partial charge in [0.25, 0.3) is 0 Å². The van der Waals surface area contributed by atoms with Gasteiger partial charge in [-0.3, -0.25) is 0 Å². The number of carbonyl (C=O) groups excluding carboxylic acids is 1. The van der Waals surface area contributed by atoms with Gasteiger partial charge in [-0.15, -0.1) is 0 Å². The second-order valence-electron chi connectivity index (χ2n) is 5.70. The fourth-order valence-corrected chi connectivity index (χ4v) is 2.09. The highest BCUT2D eigenvalue weighted by molar-refractivity contribution is 5.68. The Morgan fingerprint density at radius 2 is 1.94 bits per heavy atom. The number of amides is 1. The van der Waals surface area contributed by atoms with Crippen molar-refractivity contribution in [2.45, 2.75) is 58.1 Å². The van der Waals surface area contributed by atoms with E-state index in [2.05, 4.69) is 10.2 Å². The smallest absolute Gasteiger partial charge is 0.407 e. The van der Waals surface area contributed by atoms with Gasteiger partial charge in [-0.05, 0) is 46.5 Å². The summed E-state index contributed by atoms with van der Waals surface area (Å²) in [5, 5.41) is 2.90. The van der Waals surface area contributed by atoms with E-state index in [1.807, 2.05) is 20.8 Å². The van der Waals surface area contributed by atoms with Crippen LogP contribution < -0.4 is 5.32 Å². The molecule has 0 bridgehead atoms. The molecule has 0 heterocycles. The first-order valence-corrected chi connectivity index (χ1v) is 6.23. The first kappa shape index (κ1) is 13.8. The van der Waals surface area contributed by atoms with Gasteiger partial charge in [-0.2, -0.15) is 0 Å². The zero-order valence-corrected chi connectivity index (χ0v) is 11.0. The van der Waals surface area contributed by atoms with Crippen molar-refractivity contribution in [1.29, 1.82) is 0 Å². The predicted molar refractivity (Wildman–Crippen MR) is 66.6 cm³/mol. The first-order valence-electron chi connectivity index (χ1n) is 6.23. The second-order valence-corrected chi connectivity index (χ2v) is 5.70. The van der Waals surface area contributed by atoms with E-state index in [9.17, 15) is 4.79 Å². The summed E-state index contributed by atoms with van der Waals surface area (Å²) in [6.07, 6.45) is 3.65. The van der Waals surface area contributed by atoms with Crippen molar-refractivity contribution >= 4 is 6.09 Å². The topological polar surface area (TPSA) is 42.7 Å². The first-order chi connectivity index (χ1) is 7.90. The molecule has 96 valence electrons. The van der Waals surface area contributed by atoms with Gasteiger partial charge in [-0.25, -0.2) is 11.4 Å². The summed E-state index contributed by atoms with van der Waals surface area (Å²) in [5.41, 5.74) is -0.439. The van der Waals surface area contributed by atoms with E-state index >= 15 is 0 Å². The number of hydrogen-bond acceptors (Lipinski definition) is 2. The molecule has 1 rings (SSSR count). The molecule has 17 heavy (non-hydrogen) atoms. The van der Waals surface area contributed by atoms with Gasteiger partial charge in [-0.1, -0.05) is 0 Å². The van der Waals surface area contributed by atoms with Crippen LogP contribution in [-0.4, -0.2) is 24.3 Å². The Morgan fingerprint density at radius 1 is 1.35 bits per heavy atom. The maximum atomic E-state index is 11.6. The van der Waals surface area contributed by atoms with Crippen molar-refractivity contribution in [2.24, 2.45) is 5.92 Å². The molecule has 1 amide bonds. The van der Waals surface area contributed by atoms with E-state index in [4.69, 9.17) is 11.3 Å². The number of rotatable bonds is 2. The number of alkyl carbamates (subject to hydrolysis) is 1. The lowest BCUT2D eigenvalue weighted by atomic mass is 9.86. The summed E-state index contributed by atoms with van der Waals surface area (Å²) >= 11 is 0. The van der Waals surface area contributed by atoms with Crippen molar-refractivity contribution in [1.82, 2.24) is 5.32 Å². The van der Waals surface area contributed by atoms with Crippen molar-refractivity contribution < 1.29 is 9.53 Å². The molecule has 4 heteroatoms. The minimum atomic E-state index is -0.439. The molecule has 0 saturated heterocycles. The average Bonchev–Trinajstić information content (AvgIpc) is 2.18. The molecule has 1 aliphatic carbocycles. The summed E-state index contributed by atoms with van der Waals surface area (Å²) in [5.74, 6) is 0.518. The summed E-state index contributed by atoms with van der Waals surface area (Å²) < 4.78 is 5.22. The van der Waals surface area contributed by atoms with Crippen molar-refractivity contribution in [3.8, 4) is 0 Å². The fraction of sp³-hybridized carbons (Fsp3) is 0.846. The summed E-state index contributed by atoms with van der Waals surface area (Å²) in [6, 6.07) is 0.215.